The van der Waals surface area contributed by atoms with Crippen molar-refractivity contribution in [3.8, 4) is 0 Å². The maximum absolute atomic E-state index is 12.8. The van der Waals surface area contributed by atoms with E-state index in [0.717, 1.165) is 5.56 Å². The number of carbonyl (C=O) groups is 3. The zero-order valence-electron chi connectivity index (χ0n) is 14.3. The Morgan fingerprint density at radius 2 is 1.54 bits per heavy atom. The molecule has 136 valence electrons. The minimum absolute atomic E-state index is 0.00830. The molecule has 2 aromatic rings. The summed E-state index contributed by atoms with van der Waals surface area (Å²) in [5, 5.41) is 2.71. The van der Waals surface area contributed by atoms with Gasteiger partial charge in [-0.1, -0.05) is 42.5 Å². The van der Waals surface area contributed by atoms with Crippen LogP contribution in [0.3, 0.4) is 0 Å². The second kappa shape index (κ2) is 9.31. The fraction of sp³-hybridized carbons (Fsp3) is 0.211. The van der Waals surface area contributed by atoms with Crippen LogP contribution >= 0.6 is 0 Å². The molecule has 0 aliphatic heterocycles. The predicted octanol–water partition coefficient (Wildman–Crippen LogP) is 1.78. The van der Waals surface area contributed by atoms with E-state index in [1.54, 1.807) is 12.1 Å². The highest BCUT2D eigenvalue weighted by atomic mass is 19.1. The number of carbonyl (C=O) groups excluding carboxylic acids is 3. The third-order valence-electron chi connectivity index (χ3n) is 3.59. The summed E-state index contributed by atoms with van der Waals surface area (Å²) < 4.78 is 12.8. The molecule has 0 aliphatic carbocycles. The lowest BCUT2D eigenvalue weighted by Gasteiger charge is -2.18. The van der Waals surface area contributed by atoms with Crippen molar-refractivity contribution in [2.24, 2.45) is 0 Å². The Morgan fingerprint density at radius 3 is 2.15 bits per heavy atom. The smallest absolute Gasteiger partial charge is 0.242 e. The lowest BCUT2D eigenvalue weighted by Crippen LogP contribution is -2.43. The van der Waals surface area contributed by atoms with E-state index in [9.17, 15) is 18.8 Å². The van der Waals surface area contributed by atoms with Gasteiger partial charge in [0.25, 0.3) is 0 Å². The van der Waals surface area contributed by atoms with Gasteiger partial charge in [-0.25, -0.2) is 4.39 Å². The van der Waals surface area contributed by atoms with Crippen LogP contribution in [-0.4, -0.2) is 17.7 Å². The maximum Gasteiger partial charge on any atom is 0.242 e. The van der Waals surface area contributed by atoms with E-state index >= 15 is 0 Å². The first-order valence-electron chi connectivity index (χ1n) is 8.08. The molecule has 0 aliphatic rings. The van der Waals surface area contributed by atoms with E-state index in [1.165, 1.54) is 31.2 Å². The Bertz CT molecular complexity index is 763. The number of benzene rings is 2. The van der Waals surface area contributed by atoms with Crippen molar-refractivity contribution < 1.29 is 18.8 Å². The molecule has 3 amide bonds. The molecule has 2 rings (SSSR count). The summed E-state index contributed by atoms with van der Waals surface area (Å²) in [6, 6.07) is 14.1. The van der Waals surface area contributed by atoms with Crippen LogP contribution in [0, 0.1) is 5.82 Å². The average molecular weight is 357 g/mol. The van der Waals surface area contributed by atoms with Crippen molar-refractivity contribution in [1.82, 2.24) is 16.2 Å². The number of rotatable bonds is 6. The van der Waals surface area contributed by atoms with Crippen LogP contribution in [0.2, 0.25) is 0 Å². The van der Waals surface area contributed by atoms with E-state index < -0.39 is 17.9 Å². The van der Waals surface area contributed by atoms with Gasteiger partial charge in [-0.15, -0.1) is 0 Å². The maximum atomic E-state index is 12.8. The highest BCUT2D eigenvalue weighted by Gasteiger charge is 2.17. The zero-order valence-corrected chi connectivity index (χ0v) is 14.3. The molecule has 0 saturated heterocycles. The number of hydrogen-bond acceptors (Lipinski definition) is 3. The summed E-state index contributed by atoms with van der Waals surface area (Å²) in [7, 11) is 0. The molecule has 3 N–H and O–H groups in total. The molecule has 26 heavy (non-hydrogen) atoms. The van der Waals surface area contributed by atoms with Crippen LogP contribution in [0.25, 0.3) is 0 Å². The Kier molecular flexibility index (Phi) is 6.84. The number of hydrogen-bond donors (Lipinski definition) is 3. The van der Waals surface area contributed by atoms with Crippen LogP contribution in [0.15, 0.2) is 54.6 Å². The summed E-state index contributed by atoms with van der Waals surface area (Å²) in [5.41, 5.74) is 6.05. The summed E-state index contributed by atoms with van der Waals surface area (Å²) in [6.07, 6.45) is -0.0191. The van der Waals surface area contributed by atoms with E-state index in [2.05, 4.69) is 16.2 Å². The molecule has 0 fully saturated rings. The minimum atomic E-state index is -0.497. The summed E-state index contributed by atoms with van der Waals surface area (Å²) >= 11 is 0. The highest BCUT2D eigenvalue weighted by Crippen LogP contribution is 2.16. The first-order valence-corrected chi connectivity index (χ1v) is 8.08. The average Bonchev–Trinajstić information content (AvgIpc) is 2.62. The SMILES string of the molecule is CC(=O)N[C@@H](CC(=O)NNC(=O)Cc1ccc(F)cc1)c1ccccc1. The highest BCUT2D eigenvalue weighted by molar-refractivity contribution is 5.84. The molecule has 0 bridgehead atoms. The van der Waals surface area contributed by atoms with Crippen molar-refractivity contribution in [2.75, 3.05) is 0 Å². The molecule has 2 aromatic carbocycles. The van der Waals surface area contributed by atoms with Gasteiger partial charge >= 0.3 is 0 Å². The predicted molar refractivity (Wildman–Crippen MR) is 94.0 cm³/mol. The molecule has 0 spiro atoms. The van der Waals surface area contributed by atoms with Crippen molar-refractivity contribution >= 4 is 17.7 Å². The number of halogens is 1. The van der Waals surface area contributed by atoms with Crippen LogP contribution in [-0.2, 0) is 20.8 Å². The fourth-order valence-corrected chi connectivity index (χ4v) is 2.39. The van der Waals surface area contributed by atoms with Crippen molar-refractivity contribution in [1.29, 1.82) is 0 Å². The van der Waals surface area contributed by atoms with Gasteiger partial charge < -0.3 is 5.32 Å². The van der Waals surface area contributed by atoms with E-state index in [-0.39, 0.29) is 24.6 Å². The fourth-order valence-electron chi connectivity index (χ4n) is 2.39. The van der Waals surface area contributed by atoms with Crippen LogP contribution in [0.5, 0.6) is 0 Å². The molecule has 7 heteroatoms. The van der Waals surface area contributed by atoms with Gasteiger partial charge in [-0.3, -0.25) is 25.2 Å². The number of nitrogens with one attached hydrogen (secondary N) is 3. The van der Waals surface area contributed by atoms with Gasteiger partial charge in [0.15, 0.2) is 0 Å². The second-order valence-corrected chi connectivity index (χ2v) is 5.77. The lowest BCUT2D eigenvalue weighted by atomic mass is 10.0. The first-order chi connectivity index (χ1) is 12.4. The number of amides is 3. The molecular weight excluding hydrogens is 337 g/mol. The zero-order chi connectivity index (χ0) is 18.9. The van der Waals surface area contributed by atoms with Crippen molar-refractivity contribution in [2.45, 2.75) is 25.8 Å². The minimum Gasteiger partial charge on any atom is -0.349 e. The third-order valence-corrected chi connectivity index (χ3v) is 3.59. The molecule has 0 unspecified atom stereocenters. The van der Waals surface area contributed by atoms with E-state index in [1.807, 2.05) is 18.2 Å². The summed E-state index contributed by atoms with van der Waals surface area (Å²) in [5.74, 6) is -1.51. The Balaban J connectivity index is 1.86. The number of hydrazine groups is 1. The molecule has 0 heterocycles. The van der Waals surface area contributed by atoms with Gasteiger partial charge in [0, 0.05) is 6.92 Å². The Hall–Kier alpha value is -3.22. The van der Waals surface area contributed by atoms with Crippen LogP contribution < -0.4 is 16.2 Å². The van der Waals surface area contributed by atoms with Gasteiger partial charge in [-0.2, -0.15) is 0 Å². The van der Waals surface area contributed by atoms with Gasteiger partial charge in [0.1, 0.15) is 5.82 Å². The molecule has 0 radical (unpaired) electrons. The monoisotopic (exact) mass is 357 g/mol. The Labute approximate surface area is 150 Å². The molecule has 1 atom stereocenters. The van der Waals surface area contributed by atoms with Crippen LogP contribution in [0.4, 0.5) is 4.39 Å². The van der Waals surface area contributed by atoms with Crippen molar-refractivity contribution in [3.63, 3.8) is 0 Å². The molecular formula is C19H20FN3O3. The Morgan fingerprint density at radius 1 is 0.923 bits per heavy atom. The summed E-state index contributed by atoms with van der Waals surface area (Å²) in [4.78, 5) is 35.3. The summed E-state index contributed by atoms with van der Waals surface area (Å²) in [6.45, 7) is 1.37. The topological polar surface area (TPSA) is 87.3 Å². The molecule has 0 aromatic heterocycles. The van der Waals surface area contributed by atoms with Crippen molar-refractivity contribution in [3.05, 3.63) is 71.5 Å². The van der Waals surface area contributed by atoms with E-state index in [0.29, 0.717) is 5.56 Å². The largest absolute Gasteiger partial charge is 0.349 e. The van der Waals surface area contributed by atoms with Crippen LogP contribution in [0.1, 0.15) is 30.5 Å². The van der Waals surface area contributed by atoms with Gasteiger partial charge in [-0.05, 0) is 23.3 Å². The quantitative estimate of drug-likeness (QED) is 0.689. The normalized spacial score (nSPS) is 11.3. The molecule has 0 saturated carbocycles. The second-order valence-electron chi connectivity index (χ2n) is 5.77. The standard InChI is InChI=1S/C19H20FN3O3/c1-13(24)21-17(15-5-3-2-4-6-15)12-19(26)23-22-18(25)11-14-7-9-16(20)10-8-14/h2-10,17H,11-12H2,1H3,(H,21,24)(H,22,25)(H,23,26)/t17-/m0/s1. The lowest BCUT2D eigenvalue weighted by molar-refractivity contribution is -0.129. The van der Waals surface area contributed by atoms with E-state index in [4.69, 9.17) is 0 Å². The van der Waals surface area contributed by atoms with Gasteiger partial charge in [0.2, 0.25) is 17.7 Å². The molecule has 6 nitrogen and oxygen atoms in total. The first kappa shape index (κ1) is 19.1. The third kappa shape index (κ3) is 6.35. The van der Waals surface area contributed by atoms with Gasteiger partial charge in [0.05, 0.1) is 18.9 Å².